The van der Waals surface area contributed by atoms with Crippen molar-refractivity contribution in [2.24, 2.45) is 0 Å². The van der Waals surface area contributed by atoms with Gasteiger partial charge in [-0.1, -0.05) is 20.3 Å². The summed E-state index contributed by atoms with van der Waals surface area (Å²) in [6.07, 6.45) is 2.26. The second-order valence-electron chi connectivity index (χ2n) is 5.44. The molecule has 1 aromatic rings. The summed E-state index contributed by atoms with van der Waals surface area (Å²) in [5, 5.41) is 13.2. The summed E-state index contributed by atoms with van der Waals surface area (Å²) < 4.78 is 23.8. The highest BCUT2D eigenvalue weighted by Crippen LogP contribution is 2.18. The Morgan fingerprint density at radius 1 is 1.15 bits per heavy atom. The van der Waals surface area contributed by atoms with Crippen molar-refractivity contribution < 1.29 is 13.5 Å². The fraction of sp³-hybridized carbons (Fsp3) is 0.600. The van der Waals surface area contributed by atoms with Crippen LogP contribution in [0, 0.1) is 0 Å². The molecule has 0 aliphatic heterocycles. The Labute approximate surface area is 122 Å². The molecule has 1 atom stereocenters. The summed E-state index contributed by atoms with van der Waals surface area (Å²) in [5.41, 5.74) is 0.0682. The summed E-state index contributed by atoms with van der Waals surface area (Å²) in [5.74, 6) is 0.172. The Morgan fingerprint density at radius 3 is 2.25 bits per heavy atom. The van der Waals surface area contributed by atoms with Gasteiger partial charge in [-0.3, -0.25) is 0 Å². The van der Waals surface area contributed by atoms with E-state index in [-0.39, 0.29) is 5.75 Å². The Balaban J connectivity index is 2.68. The van der Waals surface area contributed by atoms with Crippen molar-refractivity contribution in [1.29, 1.82) is 0 Å². The minimum Gasteiger partial charge on any atom is -0.388 e. The Hall–Kier alpha value is -1.07. The van der Waals surface area contributed by atoms with E-state index < -0.39 is 15.4 Å². The van der Waals surface area contributed by atoms with E-state index in [1.54, 1.807) is 31.2 Å². The predicted molar refractivity (Wildman–Crippen MR) is 82.8 cm³/mol. The Bertz CT molecular complexity index is 506. The summed E-state index contributed by atoms with van der Waals surface area (Å²) in [6, 6.07) is 6.71. The van der Waals surface area contributed by atoms with Crippen molar-refractivity contribution in [3.63, 3.8) is 0 Å². The zero-order valence-electron chi connectivity index (χ0n) is 12.5. The number of rotatable bonds is 8. The topological polar surface area (TPSA) is 66.4 Å². The van der Waals surface area contributed by atoms with Crippen LogP contribution >= 0.6 is 0 Å². The summed E-state index contributed by atoms with van der Waals surface area (Å²) >= 11 is 0. The van der Waals surface area contributed by atoms with Gasteiger partial charge in [0.1, 0.15) is 0 Å². The first-order valence-corrected chi connectivity index (χ1v) is 8.75. The molecule has 0 heterocycles. The maximum atomic E-state index is 11.9. The van der Waals surface area contributed by atoms with Gasteiger partial charge in [0.2, 0.25) is 0 Å². The molecule has 0 bridgehead atoms. The fourth-order valence-electron chi connectivity index (χ4n) is 2.09. The Kier molecular flexibility index (Phi) is 6.02. The van der Waals surface area contributed by atoms with Crippen LogP contribution in [-0.4, -0.2) is 31.4 Å². The molecule has 0 spiro atoms. The molecule has 1 unspecified atom stereocenters. The van der Waals surface area contributed by atoms with Gasteiger partial charge in [-0.05, 0) is 44.0 Å². The molecule has 2 N–H and O–H groups in total. The zero-order chi connectivity index (χ0) is 15.2. The van der Waals surface area contributed by atoms with Gasteiger partial charge in [0.05, 0.1) is 16.2 Å². The molecule has 114 valence electrons. The van der Waals surface area contributed by atoms with Gasteiger partial charge in [0.15, 0.2) is 9.84 Å². The highest BCUT2D eigenvalue weighted by Gasteiger charge is 2.18. The third-order valence-electron chi connectivity index (χ3n) is 3.15. The van der Waals surface area contributed by atoms with Crippen LogP contribution in [0.4, 0.5) is 5.69 Å². The molecule has 0 amide bonds. The molecule has 20 heavy (non-hydrogen) atoms. The number of aliphatic hydroxyl groups is 1. The SMILES string of the molecule is CCCC(C)(O)CNc1ccc(S(=O)(=O)CCC)cc1. The quantitative estimate of drug-likeness (QED) is 0.774. The molecule has 0 aliphatic carbocycles. The average Bonchev–Trinajstić information content (AvgIpc) is 2.37. The van der Waals surface area contributed by atoms with Gasteiger partial charge in [-0.25, -0.2) is 8.42 Å². The third-order valence-corrected chi connectivity index (χ3v) is 5.08. The van der Waals surface area contributed by atoms with E-state index in [0.717, 1.165) is 18.5 Å². The standard InChI is InChI=1S/C15H25NO3S/c1-4-10-15(3,17)12-16-13-6-8-14(9-7-13)20(18,19)11-5-2/h6-9,16-17H,4-5,10-12H2,1-3H3. The number of sulfone groups is 1. The molecular formula is C15H25NO3S. The van der Waals surface area contributed by atoms with E-state index in [2.05, 4.69) is 5.32 Å². The lowest BCUT2D eigenvalue weighted by atomic mass is 10.0. The molecule has 1 rings (SSSR count). The van der Waals surface area contributed by atoms with Crippen LogP contribution in [0.2, 0.25) is 0 Å². The molecule has 0 saturated heterocycles. The first kappa shape index (κ1) is 17.0. The monoisotopic (exact) mass is 299 g/mol. The van der Waals surface area contributed by atoms with Crippen LogP contribution in [0.15, 0.2) is 29.2 Å². The molecule has 0 aromatic heterocycles. The third kappa shape index (κ3) is 5.13. The molecular weight excluding hydrogens is 274 g/mol. The number of benzene rings is 1. The lowest BCUT2D eigenvalue weighted by Gasteiger charge is -2.23. The fourth-order valence-corrected chi connectivity index (χ4v) is 3.41. The summed E-state index contributed by atoms with van der Waals surface area (Å²) in [6.45, 7) is 6.12. The minimum absolute atomic E-state index is 0.172. The average molecular weight is 299 g/mol. The van der Waals surface area contributed by atoms with E-state index in [1.165, 1.54) is 0 Å². The summed E-state index contributed by atoms with van der Waals surface area (Å²) in [7, 11) is -3.16. The van der Waals surface area contributed by atoms with Gasteiger partial charge < -0.3 is 10.4 Å². The van der Waals surface area contributed by atoms with Crippen molar-refractivity contribution in [2.45, 2.75) is 50.5 Å². The maximum Gasteiger partial charge on any atom is 0.178 e. The van der Waals surface area contributed by atoms with Gasteiger partial charge in [0, 0.05) is 12.2 Å². The highest BCUT2D eigenvalue weighted by molar-refractivity contribution is 7.91. The smallest absolute Gasteiger partial charge is 0.178 e. The predicted octanol–water partition coefficient (Wildman–Crippen LogP) is 2.83. The van der Waals surface area contributed by atoms with Crippen LogP contribution in [0.5, 0.6) is 0 Å². The normalized spacial score (nSPS) is 14.8. The highest BCUT2D eigenvalue weighted by atomic mass is 32.2. The first-order valence-electron chi connectivity index (χ1n) is 7.10. The molecule has 4 nitrogen and oxygen atoms in total. The van der Waals surface area contributed by atoms with Crippen molar-refractivity contribution in [3.8, 4) is 0 Å². The molecule has 0 radical (unpaired) electrons. The minimum atomic E-state index is -3.16. The van der Waals surface area contributed by atoms with E-state index >= 15 is 0 Å². The summed E-state index contributed by atoms with van der Waals surface area (Å²) in [4.78, 5) is 0.352. The van der Waals surface area contributed by atoms with E-state index in [0.29, 0.717) is 17.9 Å². The van der Waals surface area contributed by atoms with Crippen LogP contribution in [0.1, 0.15) is 40.0 Å². The molecule has 1 aromatic carbocycles. The van der Waals surface area contributed by atoms with Crippen LogP contribution in [-0.2, 0) is 9.84 Å². The largest absolute Gasteiger partial charge is 0.388 e. The molecule has 0 saturated carbocycles. The van der Waals surface area contributed by atoms with Crippen LogP contribution in [0.3, 0.4) is 0 Å². The number of nitrogens with one attached hydrogen (secondary N) is 1. The lowest BCUT2D eigenvalue weighted by molar-refractivity contribution is 0.0637. The van der Waals surface area contributed by atoms with Gasteiger partial charge in [-0.15, -0.1) is 0 Å². The van der Waals surface area contributed by atoms with Crippen LogP contribution < -0.4 is 5.32 Å². The van der Waals surface area contributed by atoms with Crippen molar-refractivity contribution in [3.05, 3.63) is 24.3 Å². The van der Waals surface area contributed by atoms with Crippen molar-refractivity contribution in [1.82, 2.24) is 0 Å². The molecule has 5 heteroatoms. The lowest BCUT2D eigenvalue weighted by Crippen LogP contribution is -2.33. The number of hydrogen-bond acceptors (Lipinski definition) is 4. The zero-order valence-corrected chi connectivity index (χ0v) is 13.3. The van der Waals surface area contributed by atoms with Gasteiger partial charge in [-0.2, -0.15) is 0 Å². The molecule has 0 aliphatic rings. The number of hydrogen-bond donors (Lipinski definition) is 2. The van der Waals surface area contributed by atoms with Crippen molar-refractivity contribution in [2.75, 3.05) is 17.6 Å². The second kappa shape index (κ2) is 7.09. The Morgan fingerprint density at radius 2 is 1.75 bits per heavy atom. The molecule has 0 fully saturated rings. The van der Waals surface area contributed by atoms with Crippen LogP contribution in [0.25, 0.3) is 0 Å². The van der Waals surface area contributed by atoms with Gasteiger partial charge in [0.25, 0.3) is 0 Å². The second-order valence-corrected chi connectivity index (χ2v) is 7.55. The maximum absolute atomic E-state index is 11.9. The van der Waals surface area contributed by atoms with Crippen molar-refractivity contribution >= 4 is 15.5 Å². The van der Waals surface area contributed by atoms with Gasteiger partial charge >= 0.3 is 0 Å². The van der Waals surface area contributed by atoms with E-state index in [9.17, 15) is 13.5 Å². The van der Waals surface area contributed by atoms with E-state index in [1.807, 2.05) is 13.8 Å². The first-order chi connectivity index (χ1) is 9.30. The van der Waals surface area contributed by atoms with E-state index in [4.69, 9.17) is 0 Å². The number of anilines is 1.